The van der Waals surface area contributed by atoms with Crippen molar-refractivity contribution in [3.8, 4) is 11.5 Å². The summed E-state index contributed by atoms with van der Waals surface area (Å²) in [5.74, 6) is 2.20. The highest BCUT2D eigenvalue weighted by atomic mass is 16.7. The van der Waals surface area contributed by atoms with Crippen LogP contribution in [-0.4, -0.2) is 48.4 Å². The molecular formula is C21H24N4O4. The molecule has 8 heteroatoms. The summed E-state index contributed by atoms with van der Waals surface area (Å²) in [6, 6.07) is 5.73. The lowest BCUT2D eigenvalue weighted by molar-refractivity contribution is -0.121. The molecule has 0 spiro atoms. The van der Waals surface area contributed by atoms with E-state index in [-0.39, 0.29) is 18.7 Å². The van der Waals surface area contributed by atoms with Gasteiger partial charge in [-0.1, -0.05) is 6.07 Å². The fourth-order valence-corrected chi connectivity index (χ4v) is 4.06. The van der Waals surface area contributed by atoms with Gasteiger partial charge in [-0.25, -0.2) is 9.97 Å². The number of aromatic nitrogens is 2. The van der Waals surface area contributed by atoms with Crippen LogP contribution in [0, 0.1) is 0 Å². The zero-order valence-electron chi connectivity index (χ0n) is 16.2. The van der Waals surface area contributed by atoms with E-state index in [2.05, 4.69) is 15.2 Å². The number of nitrogens with one attached hydrogen (secondary N) is 1. The molecular weight excluding hydrogens is 372 g/mol. The number of anilines is 1. The lowest BCUT2D eigenvalue weighted by atomic mass is 10.0. The van der Waals surface area contributed by atoms with Crippen LogP contribution < -0.4 is 19.7 Å². The molecule has 0 saturated carbocycles. The summed E-state index contributed by atoms with van der Waals surface area (Å²) in [5, 5.41) is 3.17. The molecule has 3 aliphatic rings. The Morgan fingerprint density at radius 1 is 1.28 bits per heavy atom. The first-order valence-electron chi connectivity index (χ1n) is 10.1. The molecule has 1 N–H and O–H groups in total. The van der Waals surface area contributed by atoms with Gasteiger partial charge in [-0.05, 0) is 30.5 Å². The Morgan fingerprint density at radius 2 is 2.21 bits per heavy atom. The standard InChI is InChI=1S/C21H24N4O4/c26-20(9-14-3-4-18-19(8-14)29-13-28-18)23-16-2-1-6-25(11-16)21-22-10-15-12-27-7-5-17(15)24-21/h3-4,8,10,16H,1-2,5-7,9,11-13H2,(H,23,26)/t16-/m1/s1. The van der Waals surface area contributed by atoms with E-state index in [1.165, 1.54) is 0 Å². The van der Waals surface area contributed by atoms with Gasteiger partial charge in [-0.2, -0.15) is 0 Å². The van der Waals surface area contributed by atoms with Crippen LogP contribution in [0.1, 0.15) is 29.7 Å². The minimum Gasteiger partial charge on any atom is -0.454 e. The average molecular weight is 396 g/mol. The highest BCUT2D eigenvalue weighted by molar-refractivity contribution is 5.79. The van der Waals surface area contributed by atoms with Crippen molar-refractivity contribution in [1.82, 2.24) is 15.3 Å². The zero-order chi connectivity index (χ0) is 19.6. The van der Waals surface area contributed by atoms with E-state index in [1.54, 1.807) is 0 Å². The van der Waals surface area contributed by atoms with Gasteiger partial charge >= 0.3 is 0 Å². The van der Waals surface area contributed by atoms with Crippen LogP contribution in [0.15, 0.2) is 24.4 Å². The van der Waals surface area contributed by atoms with E-state index in [1.807, 2.05) is 24.4 Å². The fourth-order valence-electron chi connectivity index (χ4n) is 4.06. The van der Waals surface area contributed by atoms with E-state index in [0.717, 1.165) is 60.9 Å². The number of hydrogen-bond donors (Lipinski definition) is 1. The first-order valence-corrected chi connectivity index (χ1v) is 10.1. The Bertz CT molecular complexity index is 920. The highest BCUT2D eigenvalue weighted by Crippen LogP contribution is 2.32. The van der Waals surface area contributed by atoms with Gasteiger partial charge in [0.15, 0.2) is 11.5 Å². The van der Waals surface area contributed by atoms with Gasteiger partial charge in [0, 0.05) is 37.3 Å². The van der Waals surface area contributed by atoms with E-state index >= 15 is 0 Å². The van der Waals surface area contributed by atoms with Gasteiger partial charge in [0.05, 0.1) is 25.3 Å². The van der Waals surface area contributed by atoms with Gasteiger partial charge in [0.25, 0.3) is 0 Å². The predicted molar refractivity (Wildman–Crippen MR) is 105 cm³/mol. The van der Waals surface area contributed by atoms with Crippen molar-refractivity contribution in [2.75, 3.05) is 31.4 Å². The van der Waals surface area contributed by atoms with Gasteiger partial charge in [-0.15, -0.1) is 0 Å². The zero-order valence-corrected chi connectivity index (χ0v) is 16.2. The Labute approximate surface area is 169 Å². The second-order valence-corrected chi connectivity index (χ2v) is 7.66. The SMILES string of the molecule is O=C(Cc1ccc2c(c1)OCO2)N[C@@H]1CCCN(c2ncc3c(n2)CCOC3)C1. The van der Waals surface area contributed by atoms with Crippen LogP contribution in [0.4, 0.5) is 5.95 Å². The molecule has 0 unspecified atom stereocenters. The third kappa shape index (κ3) is 3.98. The molecule has 29 heavy (non-hydrogen) atoms. The van der Waals surface area contributed by atoms with Crippen molar-refractivity contribution in [3.63, 3.8) is 0 Å². The number of carbonyl (C=O) groups is 1. The van der Waals surface area contributed by atoms with E-state index in [4.69, 9.17) is 19.2 Å². The molecule has 1 fully saturated rings. The number of hydrogen-bond acceptors (Lipinski definition) is 7. The van der Waals surface area contributed by atoms with Crippen LogP contribution in [0.2, 0.25) is 0 Å². The van der Waals surface area contributed by atoms with Crippen LogP contribution in [0.25, 0.3) is 0 Å². The third-order valence-electron chi connectivity index (χ3n) is 5.55. The smallest absolute Gasteiger partial charge is 0.231 e. The second-order valence-electron chi connectivity index (χ2n) is 7.66. The maximum atomic E-state index is 12.6. The number of amides is 1. The summed E-state index contributed by atoms with van der Waals surface area (Å²) >= 11 is 0. The van der Waals surface area contributed by atoms with Gasteiger partial charge in [0.1, 0.15) is 0 Å². The van der Waals surface area contributed by atoms with Crippen molar-refractivity contribution in [3.05, 3.63) is 41.2 Å². The lowest BCUT2D eigenvalue weighted by Gasteiger charge is -2.33. The molecule has 1 atom stereocenters. The van der Waals surface area contributed by atoms with E-state index in [0.29, 0.717) is 25.4 Å². The average Bonchev–Trinajstić information content (AvgIpc) is 3.21. The summed E-state index contributed by atoms with van der Waals surface area (Å²) in [5.41, 5.74) is 3.07. The topological polar surface area (TPSA) is 85.8 Å². The van der Waals surface area contributed by atoms with Gasteiger partial charge < -0.3 is 24.4 Å². The highest BCUT2D eigenvalue weighted by Gasteiger charge is 2.24. The number of piperidine rings is 1. The summed E-state index contributed by atoms with van der Waals surface area (Å²) in [6.45, 7) is 3.17. The van der Waals surface area contributed by atoms with E-state index in [9.17, 15) is 4.79 Å². The van der Waals surface area contributed by atoms with Crippen LogP contribution in [-0.2, 0) is 29.0 Å². The quantitative estimate of drug-likeness (QED) is 0.840. The molecule has 0 aliphatic carbocycles. The summed E-state index contributed by atoms with van der Waals surface area (Å²) in [7, 11) is 0. The molecule has 0 radical (unpaired) electrons. The summed E-state index contributed by atoms with van der Waals surface area (Å²) in [6.07, 6.45) is 4.98. The van der Waals surface area contributed by atoms with Gasteiger partial charge in [-0.3, -0.25) is 4.79 Å². The van der Waals surface area contributed by atoms with Crippen molar-refractivity contribution in [2.24, 2.45) is 0 Å². The minimum absolute atomic E-state index is 0.0132. The molecule has 8 nitrogen and oxygen atoms in total. The summed E-state index contributed by atoms with van der Waals surface area (Å²) in [4.78, 5) is 24.0. The number of fused-ring (bicyclic) bond motifs is 2. The number of benzene rings is 1. The van der Waals surface area contributed by atoms with E-state index < -0.39 is 0 Å². The first kappa shape index (κ1) is 18.2. The molecule has 1 amide bonds. The predicted octanol–water partition coefficient (Wildman–Crippen LogP) is 1.61. The van der Waals surface area contributed by atoms with Crippen molar-refractivity contribution in [2.45, 2.75) is 38.3 Å². The Morgan fingerprint density at radius 3 is 3.17 bits per heavy atom. The molecule has 152 valence electrons. The first-order chi connectivity index (χ1) is 14.2. The van der Waals surface area contributed by atoms with Crippen LogP contribution in [0.3, 0.4) is 0 Å². The molecule has 4 heterocycles. The maximum Gasteiger partial charge on any atom is 0.231 e. The van der Waals surface area contributed by atoms with Crippen molar-refractivity contribution >= 4 is 11.9 Å². The Hall–Kier alpha value is -2.87. The maximum absolute atomic E-state index is 12.6. The van der Waals surface area contributed by atoms with Crippen LogP contribution >= 0.6 is 0 Å². The molecule has 3 aliphatic heterocycles. The fraction of sp³-hybridized carbons (Fsp3) is 0.476. The van der Waals surface area contributed by atoms with Crippen LogP contribution in [0.5, 0.6) is 11.5 Å². The molecule has 0 bridgehead atoms. The third-order valence-corrected chi connectivity index (χ3v) is 5.55. The summed E-state index contributed by atoms with van der Waals surface area (Å²) < 4.78 is 16.2. The Balaban J connectivity index is 1.20. The minimum atomic E-state index is 0.0132. The number of carbonyl (C=O) groups excluding carboxylic acids is 1. The van der Waals surface area contributed by atoms with Crippen molar-refractivity contribution < 1.29 is 19.0 Å². The lowest BCUT2D eigenvalue weighted by Crippen LogP contribution is -2.48. The second kappa shape index (κ2) is 7.87. The number of ether oxygens (including phenoxy) is 3. The largest absolute Gasteiger partial charge is 0.454 e. The molecule has 1 saturated heterocycles. The Kier molecular flexibility index (Phi) is 4.93. The molecule has 2 aromatic rings. The number of nitrogens with zero attached hydrogens (tertiary/aromatic N) is 3. The molecule has 5 rings (SSSR count). The van der Waals surface area contributed by atoms with Crippen molar-refractivity contribution in [1.29, 1.82) is 0 Å². The molecule has 1 aromatic heterocycles. The monoisotopic (exact) mass is 396 g/mol. The number of rotatable bonds is 4. The van der Waals surface area contributed by atoms with Gasteiger partial charge in [0.2, 0.25) is 18.6 Å². The normalized spacial score (nSPS) is 20.3. The molecule has 1 aromatic carbocycles.